The maximum absolute atomic E-state index is 5.99. The molecule has 2 aromatic carbocycles. The van der Waals surface area contributed by atoms with Crippen LogP contribution in [0.25, 0.3) is 0 Å². The average molecular weight is 1780 g/mol. The molecule has 127 heavy (non-hydrogen) atoms. The van der Waals surface area contributed by atoms with Crippen molar-refractivity contribution in [2.24, 2.45) is 5.73 Å². The molecule has 732 valence electrons. The van der Waals surface area contributed by atoms with E-state index < -0.39 is 0 Å². The molecule has 12 fully saturated rings. The Morgan fingerprint density at radius 2 is 0.512 bits per heavy atom. The van der Waals surface area contributed by atoms with E-state index in [9.17, 15) is 0 Å². The Morgan fingerprint density at radius 3 is 0.811 bits per heavy atom. The lowest BCUT2D eigenvalue weighted by atomic mass is 9.89. The van der Waals surface area contributed by atoms with Crippen LogP contribution in [0.2, 0.25) is 0 Å². The van der Waals surface area contributed by atoms with Crippen LogP contribution in [0.3, 0.4) is 0 Å². The van der Waals surface area contributed by atoms with Gasteiger partial charge < -0.3 is 149 Å². The van der Waals surface area contributed by atoms with Gasteiger partial charge in [-0.1, -0.05) is 132 Å². The molecule has 0 aromatic heterocycles. The van der Waals surface area contributed by atoms with E-state index in [-0.39, 0.29) is 0 Å². The second kappa shape index (κ2) is 71.4. The van der Waals surface area contributed by atoms with Crippen LogP contribution in [-0.4, -0.2) is 339 Å². The molecule has 5 saturated heterocycles. The summed E-state index contributed by atoms with van der Waals surface area (Å²) in [6, 6.07) is 29.2. The zero-order chi connectivity index (χ0) is 88.4. The first-order valence-electron chi connectivity index (χ1n) is 52.8. The molecule has 0 spiro atoms. The predicted octanol–water partition coefficient (Wildman–Crippen LogP) is 2.61. The number of hydrogen-bond acceptors (Lipinski definition) is 28. The number of rotatable bonds is 10. The molecular formula is C99H195N27O. The van der Waals surface area contributed by atoms with Crippen LogP contribution in [0.1, 0.15) is 204 Å². The summed E-state index contributed by atoms with van der Waals surface area (Å²) in [6.07, 6.45) is 41.2. The van der Waals surface area contributed by atoms with Crippen LogP contribution in [0, 0.1) is 0 Å². The monoisotopic (exact) mass is 1780 g/mol. The Hall–Kier alpha value is -3.10. The summed E-state index contributed by atoms with van der Waals surface area (Å²) in [7, 11) is 2.05. The maximum Gasteiger partial charge on any atom is 0.119 e. The number of fused-ring (bicyclic) bond motifs is 7. The second-order valence-corrected chi connectivity index (χ2v) is 38.3. The molecule has 5 aliphatic heterocycles. The highest BCUT2D eigenvalue weighted by Crippen LogP contribution is 2.26. The van der Waals surface area contributed by atoms with Gasteiger partial charge in [-0.25, -0.2) is 0 Å². The van der Waals surface area contributed by atoms with Crippen molar-refractivity contribution >= 4 is 0 Å². The van der Waals surface area contributed by atoms with Gasteiger partial charge in [-0.15, -0.1) is 13.2 Å². The van der Waals surface area contributed by atoms with Gasteiger partial charge in [-0.3, -0.25) is 0 Å². The van der Waals surface area contributed by atoms with Gasteiger partial charge in [0, 0.05) is 325 Å². The van der Waals surface area contributed by atoms with E-state index in [0.717, 1.165) is 235 Å². The molecule has 13 unspecified atom stereocenters. The molecule has 17 atom stereocenters. The normalized spacial score (nSPS) is 32.5. The van der Waals surface area contributed by atoms with Gasteiger partial charge in [0.25, 0.3) is 0 Å². The zero-order valence-electron chi connectivity index (χ0n) is 80.3. The molecule has 12 aliphatic rings. The zero-order valence-corrected chi connectivity index (χ0v) is 80.3. The highest BCUT2D eigenvalue weighted by atomic mass is 16.5. The van der Waals surface area contributed by atoms with Crippen molar-refractivity contribution in [1.82, 2.24) is 138 Å². The fraction of sp³-hybridized carbons (Fsp3) is 0.859. The standard InChI is InChI=1S/C24H37N5O.C22H46N6.C19H40N6.C18H37N5.C14H31N5.C2H4/c1-2-4-22(5-3-1)20-30-24-8-6-21(7-9-24)18-23-19-28-15-14-26-11-10-25-12-13-27-16-17-29-23;1-23-12-6-7-18-17-28-22-11-5-4-10-21(22)27-16-15-26-20-9-3-2-8-19(20)25-14-13-24-18;20-13-15-14-25-19-8-4-3-7-18(19)24-12-11-23-17-6-2-1-5-16(17)22-10-9-21-15;1-3-7-17-15(5-1)20-11-9-19-10-12-21-16-6-2-4-8-18(16)23-14-13-22-17;1-2-4-14-13(3-1)18-11-9-16-7-5-15-6-8-17-10-12-19-14;1-2/h1-9,23,25-29H,10-20H2;18-28H,2-17H2,1H3;15-19,21-25H,1-14,20H2;15-23H,1-14H2;13-19H,1-12H2;1-2H2/t23-;18-,19?,20?,21?,22?;;;13-,14-;/m00..1./s1. The first-order valence-corrected chi connectivity index (χ1v) is 52.8. The Bertz CT molecular complexity index is 2790. The smallest absolute Gasteiger partial charge is 0.119 e. The number of hydrogen-bond donors (Lipinski definition) is 27. The van der Waals surface area contributed by atoms with Gasteiger partial charge in [-0.05, 0) is 146 Å². The molecule has 5 heterocycles. The average Bonchev–Trinajstić information content (AvgIpc) is 1.89. The van der Waals surface area contributed by atoms with Crippen molar-refractivity contribution in [3.63, 3.8) is 0 Å². The summed E-state index contributed by atoms with van der Waals surface area (Å²) in [6.45, 7) is 43.1. The van der Waals surface area contributed by atoms with Gasteiger partial charge in [0.15, 0.2) is 0 Å². The summed E-state index contributed by atoms with van der Waals surface area (Å²) in [5, 5.41) is 95.8. The van der Waals surface area contributed by atoms with Crippen molar-refractivity contribution < 1.29 is 4.74 Å². The topological polar surface area (TPSA) is 348 Å². The number of benzene rings is 2. The van der Waals surface area contributed by atoms with Gasteiger partial charge in [-0.2, -0.15) is 0 Å². The van der Waals surface area contributed by atoms with Crippen LogP contribution in [-0.2, 0) is 13.0 Å². The minimum atomic E-state index is 0.370. The first kappa shape index (κ1) is 108. The van der Waals surface area contributed by atoms with E-state index in [1.54, 1.807) is 0 Å². The van der Waals surface area contributed by atoms with E-state index in [4.69, 9.17) is 10.5 Å². The lowest BCUT2D eigenvalue weighted by molar-refractivity contribution is 0.267. The molecule has 0 amide bonds. The lowest BCUT2D eigenvalue weighted by Crippen LogP contribution is -2.55. The molecule has 7 saturated carbocycles. The van der Waals surface area contributed by atoms with E-state index in [1.807, 2.05) is 18.2 Å². The molecular weight excluding hydrogens is 1580 g/mol. The SMILES string of the molecule is C1CCC2NCCNC3CCCCC3NCCNCCNC2C1.C1CC[C@H]2NCCNCCNCCNCCN[C@@H]2C1.C=C.CNCCC[C@H]1CNC2CCCCC2NCCNC2CCCCC2NCCN1.NCC1CNC2CCCCC2NCCNC2CCCCC2NCCN1.c1ccc(COc2ccc(C[C@H]3CNCCNCCNCCNCCN3)cc2)cc1. The molecule has 28 nitrogen and oxygen atoms in total. The first-order chi connectivity index (χ1) is 63.0. The molecule has 28 N–H and O–H groups in total. The minimum Gasteiger partial charge on any atom is -0.489 e. The molecule has 14 rings (SSSR count). The van der Waals surface area contributed by atoms with E-state index in [2.05, 4.69) is 195 Å². The molecule has 0 bridgehead atoms. The largest absolute Gasteiger partial charge is 0.489 e. The second-order valence-electron chi connectivity index (χ2n) is 38.3. The quantitative estimate of drug-likeness (QED) is 0.120. The minimum absolute atomic E-state index is 0.370. The van der Waals surface area contributed by atoms with Crippen molar-refractivity contribution in [3.8, 4) is 5.75 Å². The molecule has 7 aliphatic carbocycles. The Kier molecular flexibility index (Phi) is 60.5. The van der Waals surface area contributed by atoms with Crippen molar-refractivity contribution in [2.45, 2.75) is 308 Å². The molecule has 2 aromatic rings. The van der Waals surface area contributed by atoms with Crippen molar-refractivity contribution in [3.05, 3.63) is 78.9 Å². The van der Waals surface area contributed by atoms with E-state index in [1.165, 1.54) is 204 Å². The summed E-state index contributed by atoms with van der Waals surface area (Å²) in [5.41, 5.74) is 8.50. The van der Waals surface area contributed by atoms with Crippen LogP contribution in [0.4, 0.5) is 0 Å². The van der Waals surface area contributed by atoms with Crippen LogP contribution in [0.15, 0.2) is 67.8 Å². The fourth-order valence-corrected chi connectivity index (χ4v) is 21.3. The number of nitrogens with two attached hydrogens (primary N) is 1. The molecule has 28 heteroatoms. The Balaban J connectivity index is 0.000000180. The Morgan fingerprint density at radius 1 is 0.268 bits per heavy atom. The number of nitrogens with one attached hydrogen (secondary N) is 26. The summed E-state index contributed by atoms with van der Waals surface area (Å²) in [5.74, 6) is 0.916. The summed E-state index contributed by atoms with van der Waals surface area (Å²) < 4.78 is 5.91. The van der Waals surface area contributed by atoms with E-state index in [0.29, 0.717) is 116 Å². The maximum atomic E-state index is 5.99. The van der Waals surface area contributed by atoms with Gasteiger partial charge in [0.2, 0.25) is 0 Å². The van der Waals surface area contributed by atoms with Crippen molar-refractivity contribution in [1.29, 1.82) is 0 Å². The van der Waals surface area contributed by atoms with E-state index >= 15 is 0 Å². The van der Waals surface area contributed by atoms with Crippen LogP contribution < -0.4 is 149 Å². The highest BCUT2D eigenvalue weighted by Gasteiger charge is 2.32. The van der Waals surface area contributed by atoms with Crippen molar-refractivity contribution in [2.75, 3.05) is 236 Å². The van der Waals surface area contributed by atoms with Crippen LogP contribution >= 0.6 is 0 Å². The lowest BCUT2D eigenvalue weighted by Gasteiger charge is -2.35. The highest BCUT2D eigenvalue weighted by molar-refractivity contribution is 5.28. The third-order valence-corrected chi connectivity index (χ3v) is 28.6. The Labute approximate surface area is 773 Å². The molecule has 0 radical (unpaired) electrons. The van der Waals surface area contributed by atoms with Gasteiger partial charge in [0.05, 0.1) is 0 Å². The van der Waals surface area contributed by atoms with Gasteiger partial charge in [0.1, 0.15) is 12.4 Å². The summed E-state index contributed by atoms with van der Waals surface area (Å²) >= 11 is 0. The third kappa shape index (κ3) is 46.8. The van der Waals surface area contributed by atoms with Crippen LogP contribution in [0.5, 0.6) is 5.75 Å². The predicted molar refractivity (Wildman–Crippen MR) is 537 cm³/mol. The van der Waals surface area contributed by atoms with Gasteiger partial charge >= 0.3 is 0 Å². The third-order valence-electron chi connectivity index (χ3n) is 28.6. The number of ether oxygens (including phenoxy) is 1. The fourth-order valence-electron chi connectivity index (χ4n) is 21.3. The summed E-state index contributed by atoms with van der Waals surface area (Å²) in [4.78, 5) is 0.